The predicted molar refractivity (Wildman–Crippen MR) is 84.8 cm³/mol. The summed E-state index contributed by atoms with van der Waals surface area (Å²) in [5.41, 5.74) is 0.929. The lowest BCUT2D eigenvalue weighted by molar-refractivity contribution is -0.136. The molecule has 1 aromatic carbocycles. The van der Waals surface area contributed by atoms with Crippen molar-refractivity contribution in [3.05, 3.63) is 54.4 Å². The van der Waals surface area contributed by atoms with Gasteiger partial charge in [0.1, 0.15) is 12.1 Å². The summed E-state index contributed by atoms with van der Waals surface area (Å²) in [7, 11) is -2.72. The molecule has 7 heteroatoms. The first-order chi connectivity index (χ1) is 10.7. The van der Waals surface area contributed by atoms with Crippen LogP contribution in [0.4, 0.5) is 0 Å². The van der Waals surface area contributed by atoms with E-state index < -0.39 is 28.1 Å². The van der Waals surface area contributed by atoms with Crippen LogP contribution in [-0.2, 0) is 24.3 Å². The molecule has 2 rings (SSSR count). The fourth-order valence-electron chi connectivity index (χ4n) is 2.46. The summed E-state index contributed by atoms with van der Waals surface area (Å²) in [6.07, 6.45) is -0.602. The van der Waals surface area contributed by atoms with E-state index in [-0.39, 0.29) is 16.4 Å². The standard InChI is InChI=1S/C16H19NO5S/c1-10-6-8-14(9-7-10)23(19,20)17-13(4)22-12(3)15(17)11(2)16(18)21-5/h6-9,12,15H,2,4H2,1,3,5H3/t12-,15-/m0/s1. The van der Waals surface area contributed by atoms with Crippen LogP contribution in [0.15, 0.2) is 53.8 Å². The summed E-state index contributed by atoms with van der Waals surface area (Å²) >= 11 is 0. The Labute approximate surface area is 136 Å². The van der Waals surface area contributed by atoms with Crippen LogP contribution in [0.3, 0.4) is 0 Å². The minimum Gasteiger partial charge on any atom is -0.473 e. The van der Waals surface area contributed by atoms with E-state index in [1.165, 1.54) is 19.2 Å². The predicted octanol–water partition coefficient (Wildman–Crippen LogP) is 1.97. The van der Waals surface area contributed by atoms with E-state index in [1.807, 2.05) is 6.92 Å². The third kappa shape index (κ3) is 2.96. The monoisotopic (exact) mass is 337 g/mol. The van der Waals surface area contributed by atoms with Crippen molar-refractivity contribution in [2.75, 3.05) is 7.11 Å². The smallest absolute Gasteiger partial charge is 0.335 e. The number of nitrogens with zero attached hydrogens (tertiary/aromatic N) is 1. The highest BCUT2D eigenvalue weighted by molar-refractivity contribution is 7.89. The molecule has 0 amide bonds. The van der Waals surface area contributed by atoms with Gasteiger partial charge in [0.2, 0.25) is 0 Å². The lowest BCUT2D eigenvalue weighted by Gasteiger charge is -2.25. The summed E-state index contributed by atoms with van der Waals surface area (Å²) < 4.78 is 36.9. The fraction of sp³-hybridized carbons (Fsp3) is 0.312. The SMILES string of the molecule is C=C(C(=O)OC)[C@H]1[C@H](C)OC(=C)N1S(=O)(=O)c1ccc(C)cc1. The van der Waals surface area contributed by atoms with Gasteiger partial charge < -0.3 is 9.47 Å². The van der Waals surface area contributed by atoms with E-state index in [4.69, 9.17) is 4.74 Å². The fourth-order valence-corrected chi connectivity index (χ4v) is 4.08. The maximum atomic E-state index is 12.9. The maximum Gasteiger partial charge on any atom is 0.335 e. The number of esters is 1. The molecule has 124 valence electrons. The average Bonchev–Trinajstić information content (AvgIpc) is 2.81. The highest BCUT2D eigenvalue weighted by Crippen LogP contribution is 2.35. The third-order valence-electron chi connectivity index (χ3n) is 3.65. The number of carbonyl (C=O) groups is 1. The van der Waals surface area contributed by atoms with Crippen LogP contribution in [0.25, 0.3) is 0 Å². The van der Waals surface area contributed by atoms with Gasteiger partial charge in [0.05, 0.1) is 17.6 Å². The molecule has 23 heavy (non-hydrogen) atoms. The Balaban J connectivity index is 2.49. The summed E-state index contributed by atoms with van der Waals surface area (Å²) in [4.78, 5) is 11.9. The number of ether oxygens (including phenoxy) is 2. The van der Waals surface area contributed by atoms with Crippen molar-refractivity contribution < 1.29 is 22.7 Å². The molecule has 0 N–H and O–H groups in total. The van der Waals surface area contributed by atoms with Gasteiger partial charge in [-0.3, -0.25) is 0 Å². The number of carbonyl (C=O) groups excluding carboxylic acids is 1. The Hall–Kier alpha value is -2.28. The van der Waals surface area contributed by atoms with Crippen LogP contribution >= 0.6 is 0 Å². The second-order valence-electron chi connectivity index (χ2n) is 5.29. The molecular weight excluding hydrogens is 318 g/mol. The lowest BCUT2D eigenvalue weighted by atomic mass is 10.1. The summed E-state index contributed by atoms with van der Waals surface area (Å²) in [6.45, 7) is 10.8. The number of benzene rings is 1. The number of sulfonamides is 1. The molecule has 1 aromatic rings. The van der Waals surface area contributed by atoms with Gasteiger partial charge in [-0.25, -0.2) is 17.5 Å². The van der Waals surface area contributed by atoms with Crippen LogP contribution in [-0.4, -0.2) is 37.9 Å². The highest BCUT2D eigenvalue weighted by atomic mass is 32.2. The Morgan fingerprint density at radius 2 is 1.87 bits per heavy atom. The Morgan fingerprint density at radius 1 is 1.30 bits per heavy atom. The highest BCUT2D eigenvalue weighted by Gasteiger charge is 2.46. The molecule has 0 unspecified atom stereocenters. The molecule has 1 aliphatic heterocycles. The van der Waals surface area contributed by atoms with E-state index in [0.29, 0.717) is 0 Å². The number of hydrogen-bond acceptors (Lipinski definition) is 5. The van der Waals surface area contributed by atoms with Crippen molar-refractivity contribution >= 4 is 16.0 Å². The lowest BCUT2D eigenvalue weighted by Crippen LogP contribution is -2.41. The molecule has 1 fully saturated rings. The molecule has 1 saturated heterocycles. The van der Waals surface area contributed by atoms with Crippen LogP contribution in [0, 0.1) is 6.92 Å². The molecule has 1 heterocycles. The van der Waals surface area contributed by atoms with Gasteiger partial charge >= 0.3 is 5.97 Å². The molecule has 0 radical (unpaired) electrons. The van der Waals surface area contributed by atoms with Crippen LogP contribution in [0.1, 0.15) is 12.5 Å². The summed E-state index contributed by atoms with van der Waals surface area (Å²) in [5.74, 6) is -0.739. The quantitative estimate of drug-likeness (QED) is 0.620. The summed E-state index contributed by atoms with van der Waals surface area (Å²) in [6, 6.07) is 5.49. The van der Waals surface area contributed by atoms with E-state index in [1.54, 1.807) is 19.1 Å². The number of rotatable bonds is 4. The normalized spacial score (nSPS) is 21.0. The molecule has 0 saturated carbocycles. The molecular formula is C16H19NO5S. The zero-order chi connectivity index (χ0) is 17.4. The molecule has 0 aliphatic carbocycles. The van der Waals surface area contributed by atoms with Crippen molar-refractivity contribution in [3.63, 3.8) is 0 Å². The molecule has 6 nitrogen and oxygen atoms in total. The van der Waals surface area contributed by atoms with Gasteiger partial charge in [-0.05, 0) is 32.6 Å². The summed E-state index contributed by atoms with van der Waals surface area (Å²) in [5, 5.41) is 0. The van der Waals surface area contributed by atoms with E-state index in [0.717, 1.165) is 9.87 Å². The van der Waals surface area contributed by atoms with Crippen LogP contribution in [0.2, 0.25) is 0 Å². The van der Waals surface area contributed by atoms with E-state index in [2.05, 4.69) is 17.9 Å². The van der Waals surface area contributed by atoms with Gasteiger partial charge in [0.15, 0.2) is 5.88 Å². The first-order valence-corrected chi connectivity index (χ1v) is 8.38. The second kappa shape index (κ2) is 6.08. The third-order valence-corrected chi connectivity index (χ3v) is 5.46. The van der Waals surface area contributed by atoms with Gasteiger partial charge in [0.25, 0.3) is 10.0 Å². The second-order valence-corrected chi connectivity index (χ2v) is 7.11. The van der Waals surface area contributed by atoms with Crippen LogP contribution in [0.5, 0.6) is 0 Å². The van der Waals surface area contributed by atoms with Crippen LogP contribution < -0.4 is 0 Å². The average molecular weight is 337 g/mol. The van der Waals surface area contributed by atoms with E-state index >= 15 is 0 Å². The molecule has 2 atom stereocenters. The first-order valence-electron chi connectivity index (χ1n) is 6.94. The Kier molecular flexibility index (Phi) is 4.51. The largest absolute Gasteiger partial charge is 0.473 e. The Bertz CT molecular complexity index is 751. The molecule has 1 aliphatic rings. The van der Waals surface area contributed by atoms with Gasteiger partial charge in [-0.15, -0.1) is 0 Å². The van der Waals surface area contributed by atoms with Crippen molar-refractivity contribution in [3.8, 4) is 0 Å². The Morgan fingerprint density at radius 3 is 2.39 bits per heavy atom. The maximum absolute atomic E-state index is 12.9. The number of hydrogen-bond donors (Lipinski definition) is 0. The first kappa shape index (κ1) is 17.1. The minimum atomic E-state index is -3.93. The van der Waals surface area contributed by atoms with Crippen molar-refractivity contribution in [1.29, 1.82) is 0 Å². The number of aryl methyl sites for hydroxylation is 1. The molecule has 0 spiro atoms. The van der Waals surface area contributed by atoms with Crippen molar-refractivity contribution in [1.82, 2.24) is 4.31 Å². The van der Waals surface area contributed by atoms with Gasteiger partial charge in [-0.1, -0.05) is 24.3 Å². The zero-order valence-electron chi connectivity index (χ0n) is 13.3. The number of methoxy groups -OCH3 is 1. The zero-order valence-corrected chi connectivity index (χ0v) is 14.1. The topological polar surface area (TPSA) is 72.9 Å². The minimum absolute atomic E-state index is 0.00524. The van der Waals surface area contributed by atoms with Crippen molar-refractivity contribution in [2.45, 2.75) is 30.9 Å². The van der Waals surface area contributed by atoms with E-state index in [9.17, 15) is 13.2 Å². The van der Waals surface area contributed by atoms with Gasteiger partial charge in [0, 0.05) is 0 Å². The van der Waals surface area contributed by atoms with Gasteiger partial charge in [-0.2, -0.15) is 0 Å². The molecule has 0 bridgehead atoms. The van der Waals surface area contributed by atoms with Crippen molar-refractivity contribution in [2.24, 2.45) is 0 Å². The molecule has 0 aromatic heterocycles.